The third-order valence-electron chi connectivity index (χ3n) is 4.85. The largest absolute Gasteiger partial charge is 0.357 e. The summed E-state index contributed by atoms with van der Waals surface area (Å²) in [6.45, 7) is 8.28. The first-order valence-corrected chi connectivity index (χ1v) is 12.4. The van der Waals surface area contributed by atoms with Crippen molar-refractivity contribution < 1.29 is 8.42 Å². The Morgan fingerprint density at radius 3 is 2.52 bits per heavy atom. The lowest BCUT2D eigenvalue weighted by molar-refractivity contribution is 0.410. The van der Waals surface area contributed by atoms with Crippen LogP contribution in [0.3, 0.4) is 0 Å². The number of hydrogen-bond donors (Lipinski definition) is 2. The normalized spacial score (nSPS) is 16.7. The van der Waals surface area contributed by atoms with Gasteiger partial charge in [-0.2, -0.15) is 4.31 Å². The molecule has 27 heavy (non-hydrogen) atoms. The van der Waals surface area contributed by atoms with Gasteiger partial charge < -0.3 is 10.6 Å². The van der Waals surface area contributed by atoms with Crippen LogP contribution in [0.5, 0.6) is 0 Å². The van der Waals surface area contributed by atoms with Gasteiger partial charge in [0.2, 0.25) is 0 Å². The van der Waals surface area contributed by atoms with Gasteiger partial charge in [0.05, 0.1) is 0 Å². The molecule has 0 radical (unpaired) electrons. The molecule has 1 heterocycles. The molecule has 2 rings (SSSR count). The van der Waals surface area contributed by atoms with E-state index in [2.05, 4.69) is 22.5 Å². The van der Waals surface area contributed by atoms with E-state index in [1.165, 1.54) is 47.7 Å². The summed E-state index contributed by atoms with van der Waals surface area (Å²) < 4.78 is 27.1. The molecule has 8 heteroatoms. The molecule has 0 aromatic carbocycles. The van der Waals surface area contributed by atoms with E-state index in [4.69, 9.17) is 0 Å². The van der Waals surface area contributed by atoms with Crippen LogP contribution in [0.2, 0.25) is 0 Å². The number of sulfonamides is 1. The third kappa shape index (κ3) is 6.47. The van der Waals surface area contributed by atoms with E-state index < -0.39 is 10.0 Å². The van der Waals surface area contributed by atoms with Crippen LogP contribution in [0.25, 0.3) is 0 Å². The molecule has 1 saturated carbocycles. The molecule has 1 aliphatic rings. The second-order valence-corrected chi connectivity index (χ2v) is 10.1. The SMILES string of the molecule is CCNC(=NCCc1ccc(S(=O)(=O)N(CC)CC)s1)NC1CCCCC1. The minimum absolute atomic E-state index is 0.428. The summed E-state index contributed by atoms with van der Waals surface area (Å²) in [5, 5.41) is 6.86. The zero-order valence-corrected chi connectivity index (χ0v) is 18.5. The average molecular weight is 415 g/mol. The number of guanidine groups is 1. The van der Waals surface area contributed by atoms with Gasteiger partial charge in [-0.15, -0.1) is 11.3 Å². The summed E-state index contributed by atoms with van der Waals surface area (Å²) >= 11 is 1.36. The Hall–Kier alpha value is -1.12. The zero-order chi connectivity index (χ0) is 19.7. The van der Waals surface area contributed by atoms with Crippen molar-refractivity contribution in [3.8, 4) is 0 Å². The van der Waals surface area contributed by atoms with Gasteiger partial charge in [-0.25, -0.2) is 8.42 Å². The van der Waals surface area contributed by atoms with Gasteiger partial charge >= 0.3 is 0 Å². The van der Waals surface area contributed by atoms with E-state index in [0.717, 1.165) is 23.8 Å². The van der Waals surface area contributed by atoms with Crippen molar-refractivity contribution in [1.29, 1.82) is 0 Å². The molecular weight excluding hydrogens is 380 g/mol. The molecule has 0 spiro atoms. The van der Waals surface area contributed by atoms with Gasteiger partial charge in [0.25, 0.3) is 10.0 Å². The van der Waals surface area contributed by atoms with E-state index in [0.29, 0.717) is 29.9 Å². The number of hydrogen-bond acceptors (Lipinski definition) is 4. The molecule has 0 aliphatic heterocycles. The predicted octanol–water partition coefficient (Wildman–Crippen LogP) is 3.21. The highest BCUT2D eigenvalue weighted by Gasteiger charge is 2.23. The quantitative estimate of drug-likeness (QED) is 0.481. The maximum atomic E-state index is 12.6. The van der Waals surface area contributed by atoms with Gasteiger partial charge in [0.1, 0.15) is 4.21 Å². The molecule has 0 atom stereocenters. The minimum Gasteiger partial charge on any atom is -0.357 e. The first kappa shape index (κ1) is 22.2. The number of rotatable bonds is 9. The van der Waals surface area contributed by atoms with Crippen LogP contribution in [-0.4, -0.2) is 50.9 Å². The number of nitrogens with zero attached hydrogens (tertiary/aromatic N) is 2. The zero-order valence-electron chi connectivity index (χ0n) is 16.8. The maximum Gasteiger partial charge on any atom is 0.252 e. The Kier molecular flexibility index (Phi) is 9.05. The molecule has 1 aromatic rings. The highest BCUT2D eigenvalue weighted by molar-refractivity contribution is 7.91. The summed E-state index contributed by atoms with van der Waals surface area (Å²) in [5.41, 5.74) is 0. The summed E-state index contributed by atoms with van der Waals surface area (Å²) in [4.78, 5) is 5.74. The van der Waals surface area contributed by atoms with Gasteiger partial charge in [-0.05, 0) is 31.9 Å². The second kappa shape index (κ2) is 11.0. The van der Waals surface area contributed by atoms with Gasteiger partial charge in [0, 0.05) is 43.5 Å². The van der Waals surface area contributed by atoms with Crippen molar-refractivity contribution in [3.05, 3.63) is 17.0 Å². The first-order chi connectivity index (χ1) is 13.0. The highest BCUT2D eigenvalue weighted by Crippen LogP contribution is 2.25. The molecule has 1 aromatic heterocycles. The molecular formula is C19H34N4O2S2. The lowest BCUT2D eigenvalue weighted by Gasteiger charge is -2.24. The standard InChI is InChI=1S/C19H34N4O2S2/c1-4-20-19(22-16-10-8-7-9-11-16)21-15-14-17-12-13-18(26-17)27(24,25)23(5-2)6-3/h12-13,16H,4-11,14-15H2,1-3H3,(H2,20,21,22). The van der Waals surface area contributed by atoms with Crippen LogP contribution < -0.4 is 10.6 Å². The number of thiophene rings is 1. The van der Waals surface area contributed by atoms with Crippen LogP contribution in [-0.2, 0) is 16.4 Å². The van der Waals surface area contributed by atoms with E-state index >= 15 is 0 Å². The number of nitrogens with one attached hydrogen (secondary N) is 2. The fourth-order valence-corrected chi connectivity index (χ4v) is 6.32. The fraction of sp³-hybridized carbons (Fsp3) is 0.737. The van der Waals surface area contributed by atoms with Crippen molar-refractivity contribution in [1.82, 2.24) is 14.9 Å². The highest BCUT2D eigenvalue weighted by atomic mass is 32.2. The van der Waals surface area contributed by atoms with E-state index in [9.17, 15) is 8.42 Å². The Bertz CT molecular complexity index is 690. The smallest absolute Gasteiger partial charge is 0.252 e. The van der Waals surface area contributed by atoms with Crippen molar-refractivity contribution in [2.24, 2.45) is 4.99 Å². The summed E-state index contributed by atoms with van der Waals surface area (Å²) in [6, 6.07) is 4.16. The van der Waals surface area contributed by atoms with Crippen molar-refractivity contribution in [2.45, 2.75) is 69.5 Å². The molecule has 0 saturated heterocycles. The molecule has 2 N–H and O–H groups in total. The Morgan fingerprint density at radius 1 is 1.19 bits per heavy atom. The van der Waals surface area contributed by atoms with Crippen LogP contribution in [0, 0.1) is 0 Å². The van der Waals surface area contributed by atoms with Crippen LogP contribution in [0.1, 0.15) is 57.8 Å². The molecule has 1 aliphatic carbocycles. The Morgan fingerprint density at radius 2 is 1.89 bits per heavy atom. The molecule has 0 bridgehead atoms. The van der Waals surface area contributed by atoms with Gasteiger partial charge in [-0.1, -0.05) is 33.1 Å². The fourth-order valence-electron chi connectivity index (χ4n) is 3.36. The second-order valence-electron chi connectivity index (χ2n) is 6.80. The van der Waals surface area contributed by atoms with Crippen molar-refractivity contribution in [2.75, 3.05) is 26.2 Å². The summed E-state index contributed by atoms with van der Waals surface area (Å²) in [7, 11) is -3.36. The molecule has 154 valence electrons. The average Bonchev–Trinajstić information content (AvgIpc) is 3.13. The lowest BCUT2D eigenvalue weighted by atomic mass is 9.96. The van der Waals surface area contributed by atoms with E-state index in [1.807, 2.05) is 19.9 Å². The first-order valence-electron chi connectivity index (χ1n) is 10.1. The monoisotopic (exact) mass is 414 g/mol. The predicted molar refractivity (Wildman–Crippen MR) is 114 cm³/mol. The van der Waals surface area contributed by atoms with Crippen LogP contribution in [0.15, 0.2) is 21.3 Å². The topological polar surface area (TPSA) is 73.8 Å². The van der Waals surface area contributed by atoms with Crippen LogP contribution in [0.4, 0.5) is 0 Å². The van der Waals surface area contributed by atoms with Crippen molar-refractivity contribution in [3.63, 3.8) is 0 Å². The Labute approximate surface area is 168 Å². The molecule has 1 fully saturated rings. The summed E-state index contributed by atoms with van der Waals surface area (Å²) in [6.07, 6.45) is 7.08. The number of aliphatic imine (C=N–C) groups is 1. The summed E-state index contributed by atoms with van der Waals surface area (Å²) in [5.74, 6) is 0.872. The molecule has 0 unspecified atom stereocenters. The van der Waals surface area contributed by atoms with Crippen molar-refractivity contribution >= 4 is 27.3 Å². The van der Waals surface area contributed by atoms with Crippen LogP contribution >= 0.6 is 11.3 Å². The Balaban J connectivity index is 1.94. The molecule has 6 nitrogen and oxygen atoms in total. The van der Waals surface area contributed by atoms with Gasteiger partial charge in [0.15, 0.2) is 5.96 Å². The lowest BCUT2D eigenvalue weighted by Crippen LogP contribution is -2.44. The minimum atomic E-state index is -3.36. The third-order valence-corrected chi connectivity index (χ3v) is 8.52. The van der Waals surface area contributed by atoms with E-state index in [1.54, 1.807) is 6.07 Å². The van der Waals surface area contributed by atoms with Gasteiger partial charge in [-0.3, -0.25) is 4.99 Å². The maximum absolute atomic E-state index is 12.6. The van der Waals surface area contributed by atoms with E-state index in [-0.39, 0.29) is 0 Å². The molecule has 0 amide bonds.